The van der Waals surface area contributed by atoms with Gasteiger partial charge in [-0.1, -0.05) is 17.7 Å². The number of nitro benzene ring substituents is 1. The highest BCUT2D eigenvalue weighted by atomic mass is 79.9. The number of carbonyl (C=O) groups excluding carboxylic acids is 1. The Hall–Kier alpha value is -3.92. The van der Waals surface area contributed by atoms with E-state index >= 15 is 0 Å². The van der Waals surface area contributed by atoms with Crippen LogP contribution >= 0.6 is 27.5 Å². The summed E-state index contributed by atoms with van der Waals surface area (Å²) in [5, 5.41) is 23.5. The number of amides is 1. The van der Waals surface area contributed by atoms with Gasteiger partial charge in [-0.15, -0.1) is 0 Å². The number of nitrogens with zero attached hydrogens (tertiary/aromatic N) is 2. The maximum absolute atomic E-state index is 12.8. The average Bonchev–Trinajstić information content (AvgIpc) is 2.85. The number of halogens is 2. The molecule has 3 aromatic rings. The van der Waals surface area contributed by atoms with Crippen molar-refractivity contribution in [1.29, 1.82) is 5.26 Å². The number of hydrogen-bond acceptors (Lipinski definition) is 8. The van der Waals surface area contributed by atoms with Gasteiger partial charge in [-0.05, 0) is 70.0 Å². The zero-order valence-electron chi connectivity index (χ0n) is 18.3. The minimum Gasteiger partial charge on any atom is -0.493 e. The summed E-state index contributed by atoms with van der Waals surface area (Å²) in [5.74, 6) is -0.950. The normalized spacial score (nSPS) is 11.3. The molecule has 0 spiro atoms. The molecule has 1 N–H and O–H groups in total. The molecule has 0 aliphatic carbocycles. The van der Waals surface area contributed by atoms with Crippen LogP contribution in [0.4, 0.5) is 11.4 Å². The summed E-state index contributed by atoms with van der Waals surface area (Å²) in [7, 11) is -3.21. The van der Waals surface area contributed by atoms with E-state index in [4.69, 9.17) is 20.5 Å². The number of anilines is 1. The van der Waals surface area contributed by atoms with Crippen molar-refractivity contribution >= 4 is 61.0 Å². The van der Waals surface area contributed by atoms with E-state index in [2.05, 4.69) is 21.2 Å². The molecular weight excluding hydrogens is 578 g/mol. The number of nitriles is 1. The third kappa shape index (κ3) is 6.39. The SMILES string of the molecule is COc1cc(/C=C(/C#N)C(=O)Nc2ccc(Cl)cc2)cc(Br)c1OS(=O)(=O)c1cccc([N+](=O)[O-])c1. The van der Waals surface area contributed by atoms with Crippen LogP contribution in [0.1, 0.15) is 5.56 Å². The molecule has 0 aliphatic heterocycles. The van der Waals surface area contributed by atoms with Crippen molar-refractivity contribution < 1.29 is 27.1 Å². The number of ether oxygens (including phenoxy) is 1. The van der Waals surface area contributed by atoms with Gasteiger partial charge in [-0.2, -0.15) is 13.7 Å². The Morgan fingerprint density at radius 1 is 1.19 bits per heavy atom. The predicted molar refractivity (Wildman–Crippen MR) is 135 cm³/mol. The third-order valence-electron chi connectivity index (χ3n) is 4.54. The van der Waals surface area contributed by atoms with E-state index in [1.54, 1.807) is 24.3 Å². The van der Waals surface area contributed by atoms with Crippen molar-refractivity contribution in [3.05, 3.63) is 91.4 Å². The number of nitro groups is 1. The molecule has 0 fully saturated rings. The Morgan fingerprint density at radius 3 is 2.50 bits per heavy atom. The summed E-state index contributed by atoms with van der Waals surface area (Å²) in [6, 6.07) is 15.3. The van der Waals surface area contributed by atoms with Crippen LogP contribution in [-0.2, 0) is 14.9 Å². The molecule has 0 bridgehead atoms. The maximum atomic E-state index is 12.8. The van der Waals surface area contributed by atoms with Crippen LogP contribution < -0.4 is 14.2 Å². The molecule has 0 unspecified atom stereocenters. The highest BCUT2D eigenvalue weighted by molar-refractivity contribution is 9.10. The molecule has 10 nitrogen and oxygen atoms in total. The van der Waals surface area contributed by atoms with Gasteiger partial charge in [-0.25, -0.2) is 0 Å². The van der Waals surface area contributed by atoms with E-state index in [0.29, 0.717) is 16.3 Å². The minimum absolute atomic E-state index is 0.0416. The van der Waals surface area contributed by atoms with E-state index in [1.807, 2.05) is 6.07 Å². The lowest BCUT2D eigenvalue weighted by Crippen LogP contribution is -2.13. The molecule has 0 saturated heterocycles. The molecule has 0 aromatic heterocycles. The first-order valence-corrected chi connectivity index (χ1v) is 12.4. The number of methoxy groups -OCH3 is 1. The molecule has 1 amide bonds. The molecule has 13 heteroatoms. The zero-order valence-corrected chi connectivity index (χ0v) is 21.4. The first kappa shape index (κ1) is 26.7. The molecular formula is C23H15BrClN3O7S. The Labute approximate surface area is 219 Å². The predicted octanol–water partition coefficient (Wildman–Crippen LogP) is 5.33. The molecule has 0 heterocycles. The van der Waals surface area contributed by atoms with E-state index in [0.717, 1.165) is 18.2 Å². The standard InChI is InChI=1S/C23H15BrClN3O7S/c1-34-21-11-14(9-15(13-26)23(29)27-17-7-5-16(25)6-8-17)10-20(24)22(21)35-36(32,33)19-4-2-3-18(12-19)28(30)31/h2-12H,1H3,(H,27,29)/b15-9-. The van der Waals surface area contributed by atoms with Gasteiger partial charge < -0.3 is 14.2 Å². The summed E-state index contributed by atoms with van der Waals surface area (Å²) < 4.78 is 36.1. The van der Waals surface area contributed by atoms with Gasteiger partial charge in [0, 0.05) is 22.8 Å². The van der Waals surface area contributed by atoms with Crippen LogP contribution in [-0.4, -0.2) is 26.4 Å². The smallest absolute Gasteiger partial charge is 0.339 e. The molecule has 0 aliphatic rings. The summed E-state index contributed by atoms with van der Waals surface area (Å²) in [4.78, 5) is 22.4. The Morgan fingerprint density at radius 2 is 1.89 bits per heavy atom. The lowest BCUT2D eigenvalue weighted by molar-refractivity contribution is -0.385. The van der Waals surface area contributed by atoms with Crippen LogP contribution in [0.3, 0.4) is 0 Å². The monoisotopic (exact) mass is 591 g/mol. The summed E-state index contributed by atoms with van der Waals surface area (Å²) >= 11 is 9.04. The Kier molecular flexibility index (Phi) is 8.31. The average molecular weight is 593 g/mol. The van der Waals surface area contributed by atoms with Gasteiger partial charge in [0.05, 0.1) is 16.5 Å². The minimum atomic E-state index is -4.47. The van der Waals surface area contributed by atoms with Crippen molar-refractivity contribution in [2.75, 3.05) is 12.4 Å². The number of rotatable bonds is 8. The van der Waals surface area contributed by atoms with E-state index in [1.165, 1.54) is 31.4 Å². The van der Waals surface area contributed by atoms with Crippen LogP contribution in [0.15, 0.2) is 75.6 Å². The van der Waals surface area contributed by atoms with Crippen LogP contribution in [0, 0.1) is 21.4 Å². The van der Waals surface area contributed by atoms with Crippen LogP contribution in [0.25, 0.3) is 6.08 Å². The zero-order chi connectivity index (χ0) is 26.5. The molecule has 0 atom stereocenters. The number of nitrogens with one attached hydrogen (secondary N) is 1. The lowest BCUT2D eigenvalue weighted by atomic mass is 10.1. The first-order chi connectivity index (χ1) is 17.0. The topological polar surface area (TPSA) is 149 Å². The highest BCUT2D eigenvalue weighted by Crippen LogP contribution is 2.39. The second-order valence-electron chi connectivity index (χ2n) is 6.96. The second kappa shape index (κ2) is 11.2. The quantitative estimate of drug-likeness (QED) is 0.121. The van der Waals surface area contributed by atoms with Crippen molar-refractivity contribution in [2.45, 2.75) is 4.90 Å². The van der Waals surface area contributed by atoms with Gasteiger partial charge in [0.15, 0.2) is 11.5 Å². The Balaban J connectivity index is 1.92. The van der Waals surface area contributed by atoms with Gasteiger partial charge in [-0.3, -0.25) is 14.9 Å². The fourth-order valence-electron chi connectivity index (χ4n) is 2.86. The van der Waals surface area contributed by atoms with E-state index in [9.17, 15) is 28.6 Å². The highest BCUT2D eigenvalue weighted by Gasteiger charge is 2.24. The summed E-state index contributed by atoms with van der Waals surface area (Å²) in [5.41, 5.74) is 0.0879. The van der Waals surface area contributed by atoms with Crippen molar-refractivity contribution in [3.8, 4) is 17.6 Å². The summed E-state index contributed by atoms with van der Waals surface area (Å²) in [6.45, 7) is 0. The lowest BCUT2D eigenvalue weighted by Gasteiger charge is -2.13. The molecule has 36 heavy (non-hydrogen) atoms. The summed E-state index contributed by atoms with van der Waals surface area (Å²) in [6.07, 6.45) is 1.28. The number of carbonyl (C=O) groups is 1. The Bertz CT molecular complexity index is 1520. The molecule has 184 valence electrons. The van der Waals surface area contributed by atoms with Gasteiger partial charge in [0.2, 0.25) is 0 Å². The van der Waals surface area contributed by atoms with Gasteiger partial charge in [0.1, 0.15) is 16.5 Å². The maximum Gasteiger partial charge on any atom is 0.339 e. The van der Waals surface area contributed by atoms with E-state index in [-0.39, 0.29) is 21.5 Å². The van der Waals surface area contributed by atoms with Crippen molar-refractivity contribution in [2.24, 2.45) is 0 Å². The number of hydrogen-bond donors (Lipinski definition) is 1. The molecule has 3 rings (SSSR count). The van der Waals surface area contributed by atoms with Crippen LogP contribution in [0.2, 0.25) is 5.02 Å². The van der Waals surface area contributed by atoms with E-state index < -0.39 is 31.5 Å². The van der Waals surface area contributed by atoms with Crippen molar-refractivity contribution in [3.63, 3.8) is 0 Å². The number of benzene rings is 3. The van der Waals surface area contributed by atoms with Crippen molar-refractivity contribution in [1.82, 2.24) is 0 Å². The van der Waals surface area contributed by atoms with Gasteiger partial charge in [0.25, 0.3) is 11.6 Å². The van der Waals surface area contributed by atoms with Crippen LogP contribution in [0.5, 0.6) is 11.5 Å². The first-order valence-electron chi connectivity index (χ1n) is 9.79. The fraction of sp³-hybridized carbons (Fsp3) is 0.0435. The molecule has 0 saturated carbocycles. The fourth-order valence-corrected chi connectivity index (χ4v) is 4.63. The third-order valence-corrected chi connectivity index (χ3v) is 6.60. The molecule has 0 radical (unpaired) electrons. The second-order valence-corrected chi connectivity index (χ2v) is 9.79. The number of non-ortho nitro benzene ring substituents is 1. The largest absolute Gasteiger partial charge is 0.493 e. The van der Waals surface area contributed by atoms with Gasteiger partial charge >= 0.3 is 10.1 Å². The molecule has 3 aromatic carbocycles.